The van der Waals surface area contributed by atoms with Crippen molar-refractivity contribution < 1.29 is 49.0 Å². The number of anilines is 1. The second kappa shape index (κ2) is 24.6. The zero-order valence-corrected chi connectivity index (χ0v) is 52.3. The molecule has 14 nitrogen and oxygen atoms in total. The number of benzene rings is 5. The zero-order valence-electron chi connectivity index (χ0n) is 52.3. The molecule has 6 N–H and O–H groups in total. The van der Waals surface area contributed by atoms with Crippen LogP contribution in [0.5, 0.6) is 34.5 Å². The number of carbonyl (C=O) groups is 3. The quantitative estimate of drug-likeness (QED) is 0.0408. The molecular weight excluding hydrogens is 1150 g/mol. The summed E-state index contributed by atoms with van der Waals surface area (Å²) in [6.07, 6.45) is 27.2. The third-order valence-electron chi connectivity index (χ3n) is 20.9. The number of ether oxygens (including phenoxy) is 3. The summed E-state index contributed by atoms with van der Waals surface area (Å²) in [7, 11) is 1.50. The molecule has 4 heterocycles. The first-order chi connectivity index (χ1) is 44.7. The Labute approximate surface area is 536 Å². The first kappa shape index (κ1) is 60.1. The van der Waals surface area contributed by atoms with Gasteiger partial charge in [0.2, 0.25) is 5.75 Å². The van der Waals surface area contributed by atoms with Crippen molar-refractivity contribution in [2.75, 3.05) is 25.1 Å². The lowest BCUT2D eigenvalue weighted by Crippen LogP contribution is -2.41. The third-order valence-corrected chi connectivity index (χ3v) is 20.9. The molecule has 1 saturated carbocycles. The van der Waals surface area contributed by atoms with E-state index in [4.69, 9.17) is 14.2 Å². The van der Waals surface area contributed by atoms with Crippen LogP contribution >= 0.6 is 0 Å². The molecule has 0 amide bonds. The van der Waals surface area contributed by atoms with Crippen LogP contribution < -0.4 is 19.7 Å². The van der Waals surface area contributed by atoms with E-state index in [9.17, 15) is 30.0 Å². The number of aromatic hydroxyl groups is 3. The lowest BCUT2D eigenvalue weighted by atomic mass is 9.53. The van der Waals surface area contributed by atoms with Gasteiger partial charge in [-0.25, -0.2) is 0 Å². The van der Waals surface area contributed by atoms with Gasteiger partial charge in [0.25, 0.3) is 0 Å². The molecule has 2 spiro atoms. The summed E-state index contributed by atoms with van der Waals surface area (Å²) in [6.45, 7) is 3.74. The van der Waals surface area contributed by atoms with Crippen LogP contribution in [-0.4, -0.2) is 73.8 Å². The molecule has 14 heteroatoms. The zero-order chi connectivity index (χ0) is 63.4. The molecule has 8 atom stereocenters. The Bertz CT molecular complexity index is 4300. The van der Waals surface area contributed by atoms with Gasteiger partial charge in [-0.1, -0.05) is 115 Å². The number of methoxy groups -OCH3 is 1. The predicted octanol–water partition coefficient (Wildman–Crippen LogP) is 14.6. The Morgan fingerprint density at radius 2 is 1.68 bits per heavy atom. The number of esters is 1. The number of rotatable bonds is 11. The number of carbonyl (C=O) groups excluding carboxylic acids is 3. The van der Waals surface area contributed by atoms with E-state index in [2.05, 4.69) is 105 Å². The normalized spacial score (nSPS) is 24.6. The maximum absolute atomic E-state index is 15.8. The summed E-state index contributed by atoms with van der Waals surface area (Å²) in [4.78, 5) is 48.3. The number of aliphatic hydroxyl groups excluding tert-OH is 1. The highest BCUT2D eigenvalue weighted by molar-refractivity contribution is 6.00. The smallest absolute Gasteiger partial charge is 0.302 e. The highest BCUT2D eigenvalue weighted by Gasteiger charge is 2.51. The van der Waals surface area contributed by atoms with E-state index in [0.717, 1.165) is 99.0 Å². The topological polar surface area (TPSA) is 196 Å². The summed E-state index contributed by atoms with van der Waals surface area (Å²) in [6, 6.07) is 29.1. The van der Waals surface area contributed by atoms with Crippen molar-refractivity contribution in [1.82, 2.24) is 14.9 Å². The highest BCUT2D eigenvalue weighted by Crippen LogP contribution is 2.61. The second-order valence-electron chi connectivity index (χ2n) is 26.5. The fourth-order valence-electron chi connectivity index (χ4n) is 16.8. The molecule has 0 saturated heterocycles. The van der Waals surface area contributed by atoms with Crippen LogP contribution in [0.1, 0.15) is 159 Å². The molecule has 92 heavy (non-hydrogen) atoms. The SMILES string of the molecule is COc1cc(C2CC(=O)CC(OC(C)=O)CCC34C5=CC=CC3CC=CC4c3c[nH]cc3C(C#CC5)C(c3cccc(O)c3)C3=CCNC(=C3)N(CCC(C)=O)c3ccc4c5c(n2cc35)CC2(CCCC2)C4O)cc(O)c1Oc1cc(O)cc(Cc2ccccc2)c1. The molecule has 2 aliphatic heterocycles. The molecule has 5 aromatic carbocycles. The van der Waals surface area contributed by atoms with Crippen LogP contribution in [0.15, 0.2) is 175 Å². The van der Waals surface area contributed by atoms with Gasteiger partial charge in [-0.2, -0.15) is 0 Å². The number of ketones is 2. The minimum atomic E-state index is -0.806. The van der Waals surface area contributed by atoms with Crippen molar-refractivity contribution >= 4 is 34.0 Å². The maximum Gasteiger partial charge on any atom is 0.302 e. The molecule has 6 bridgehead atoms. The highest BCUT2D eigenvalue weighted by atomic mass is 16.5. The summed E-state index contributed by atoms with van der Waals surface area (Å²) in [5, 5.41) is 53.0. The fourth-order valence-corrected chi connectivity index (χ4v) is 16.8. The van der Waals surface area contributed by atoms with Gasteiger partial charge in [-0.05, 0) is 151 Å². The molecule has 2 aromatic heterocycles. The fraction of sp³-hybridized carbons (Fsp3) is 0.346. The molecular formula is C78H78N4O10. The van der Waals surface area contributed by atoms with Crippen LogP contribution in [0.25, 0.3) is 10.8 Å². The standard InChI is InChI=1S/C78H78N4O10/c1-47(83)27-32-81-67-24-23-62-74-65(67)46-82(69(74)43-77(76(62)89)28-7-8-29-77)68(53-37-70(88)75(71(38-53)90-3)92-60-35-50(34-57(86)41-60)33-49-13-5-4-6-14-49)42-58(87)40-59(91-48(2)84)25-30-78-54-16-10-17-55(78)19-12-22-66(78)64-45-79-44-63(64)61(21-11-18-54)73(51-15-9-20-56(85)36-51)52-26-31-80-72(81)39-52/h4-6,9-10,12-17,20,22-24,26,34-39,41,44-46,55,59,61,66,68,73,76,79-80,85-86,88-89H,7-8,18-19,25,27-33,40,42-43H2,1-3H3. The van der Waals surface area contributed by atoms with Crippen molar-refractivity contribution in [3.63, 3.8) is 0 Å². The first-order valence-corrected chi connectivity index (χ1v) is 32.6. The second-order valence-corrected chi connectivity index (χ2v) is 26.5. The van der Waals surface area contributed by atoms with Gasteiger partial charge in [0, 0.05) is 109 Å². The largest absolute Gasteiger partial charge is 0.508 e. The molecule has 14 rings (SSSR count). The number of Topliss-reactive ketones (excluding diaryl/α,β-unsaturated/α-hetero) is 2. The number of aromatic nitrogens is 2. The number of hydrogen-bond donors (Lipinski definition) is 6. The molecule has 470 valence electrons. The number of H-pyrrole nitrogens is 1. The summed E-state index contributed by atoms with van der Waals surface area (Å²) >= 11 is 0. The number of fused-ring (bicyclic) bond motifs is 3. The molecule has 5 aliphatic carbocycles. The molecule has 7 aromatic rings. The van der Waals surface area contributed by atoms with Crippen molar-refractivity contribution in [3.05, 3.63) is 220 Å². The van der Waals surface area contributed by atoms with Gasteiger partial charge in [-0.3, -0.25) is 14.4 Å². The van der Waals surface area contributed by atoms with E-state index in [1.165, 1.54) is 25.7 Å². The van der Waals surface area contributed by atoms with E-state index in [1.54, 1.807) is 31.2 Å². The van der Waals surface area contributed by atoms with Crippen LogP contribution in [0.2, 0.25) is 0 Å². The minimum Gasteiger partial charge on any atom is -0.508 e. The van der Waals surface area contributed by atoms with Gasteiger partial charge >= 0.3 is 5.97 Å². The van der Waals surface area contributed by atoms with Crippen molar-refractivity contribution in [2.24, 2.45) is 16.7 Å². The van der Waals surface area contributed by atoms with Gasteiger partial charge < -0.3 is 54.4 Å². The number of phenols is 3. The van der Waals surface area contributed by atoms with Crippen LogP contribution in [-0.2, 0) is 32.0 Å². The van der Waals surface area contributed by atoms with E-state index in [1.807, 2.05) is 54.6 Å². The summed E-state index contributed by atoms with van der Waals surface area (Å²) in [5.74, 6) is 7.17. The Morgan fingerprint density at radius 3 is 2.49 bits per heavy atom. The van der Waals surface area contributed by atoms with Crippen molar-refractivity contribution in [3.8, 4) is 46.3 Å². The number of aliphatic hydroxyl groups is 1. The van der Waals surface area contributed by atoms with E-state index < -0.39 is 46.9 Å². The van der Waals surface area contributed by atoms with Gasteiger partial charge in [0.1, 0.15) is 40.7 Å². The Kier molecular flexibility index (Phi) is 16.1. The monoisotopic (exact) mass is 1230 g/mol. The average molecular weight is 1230 g/mol. The van der Waals surface area contributed by atoms with Gasteiger partial charge in [0.05, 0.1) is 30.9 Å². The van der Waals surface area contributed by atoms with Gasteiger partial charge in [-0.15, -0.1) is 0 Å². The number of allylic oxidation sites excluding steroid dienone is 8. The number of phenolic OH excluding ortho intramolecular Hbond substituents is 3. The van der Waals surface area contributed by atoms with Crippen LogP contribution in [0, 0.1) is 28.6 Å². The number of hydrogen-bond acceptors (Lipinski definition) is 12. The number of dihydropyridines is 1. The van der Waals surface area contributed by atoms with Crippen LogP contribution in [0.3, 0.4) is 0 Å². The average Bonchev–Trinajstić information content (AvgIpc) is 1.58. The maximum atomic E-state index is 15.8. The Hall–Kier alpha value is -9.45. The van der Waals surface area contributed by atoms with Crippen molar-refractivity contribution in [1.29, 1.82) is 0 Å². The number of nitrogens with one attached hydrogen (secondary N) is 2. The Morgan fingerprint density at radius 1 is 0.848 bits per heavy atom. The minimum absolute atomic E-state index is 0.00927. The summed E-state index contributed by atoms with van der Waals surface area (Å²) in [5.41, 5.74) is 9.06. The van der Waals surface area contributed by atoms with E-state index in [0.29, 0.717) is 50.8 Å². The van der Waals surface area contributed by atoms with Gasteiger partial charge in [0.15, 0.2) is 11.5 Å². The van der Waals surface area contributed by atoms with Crippen molar-refractivity contribution in [2.45, 2.75) is 133 Å². The lowest BCUT2D eigenvalue weighted by molar-refractivity contribution is -0.148. The molecule has 0 radical (unpaired) electrons. The first-order valence-electron chi connectivity index (χ1n) is 32.6. The number of nitrogens with zero attached hydrogens (tertiary/aromatic N) is 2. The van der Waals surface area contributed by atoms with E-state index >= 15 is 4.79 Å². The number of aromatic amines is 1. The lowest BCUT2D eigenvalue weighted by Gasteiger charge is -2.50. The predicted molar refractivity (Wildman–Crippen MR) is 354 cm³/mol. The molecule has 7 aliphatic rings. The molecule has 1 fully saturated rings. The Balaban J connectivity index is 0.978. The summed E-state index contributed by atoms with van der Waals surface area (Å²) < 4.78 is 21.1. The molecule has 8 unspecified atom stereocenters. The third kappa shape index (κ3) is 11.1. The van der Waals surface area contributed by atoms with Crippen LogP contribution in [0.4, 0.5) is 5.69 Å². The van der Waals surface area contributed by atoms with E-state index in [-0.39, 0.29) is 77.2 Å².